The number of hydrogen-bond donors (Lipinski definition) is 1. The van der Waals surface area contributed by atoms with Crippen molar-refractivity contribution >= 4 is 11.6 Å². The normalized spacial score (nSPS) is 17.5. The fraction of sp³-hybridized carbons (Fsp3) is 0.786. The van der Waals surface area contributed by atoms with Crippen molar-refractivity contribution in [2.75, 3.05) is 26.8 Å². The third-order valence-electron chi connectivity index (χ3n) is 4.22. The zero-order valence-corrected chi connectivity index (χ0v) is 12.9. The molecule has 0 radical (unpaired) electrons. The molecule has 2 rings (SSSR count). The molecular formula is C14H24ClN3O. The number of nitrogens with zero attached hydrogens (tertiary/aromatic N) is 2. The predicted octanol–water partition coefficient (Wildman–Crippen LogP) is 2.33. The van der Waals surface area contributed by atoms with Gasteiger partial charge in [-0.3, -0.25) is 4.68 Å². The van der Waals surface area contributed by atoms with Gasteiger partial charge in [0, 0.05) is 32.8 Å². The van der Waals surface area contributed by atoms with Gasteiger partial charge in [-0.1, -0.05) is 18.0 Å². The van der Waals surface area contributed by atoms with Gasteiger partial charge in [0.2, 0.25) is 0 Å². The lowest BCUT2D eigenvalue weighted by Crippen LogP contribution is -2.42. The maximum absolute atomic E-state index is 6.34. The van der Waals surface area contributed by atoms with E-state index in [1.54, 1.807) is 11.8 Å². The Bertz CT molecular complexity index is 427. The molecule has 1 N–H and O–H groups in total. The molecule has 0 unspecified atom stereocenters. The lowest BCUT2D eigenvalue weighted by molar-refractivity contribution is 0.123. The van der Waals surface area contributed by atoms with Gasteiger partial charge in [-0.25, -0.2) is 0 Å². The van der Waals surface area contributed by atoms with Crippen LogP contribution in [-0.2, 0) is 18.2 Å². The summed E-state index contributed by atoms with van der Waals surface area (Å²) in [5.74, 6) is 0. The summed E-state index contributed by atoms with van der Waals surface area (Å²) in [6.07, 6.45) is 4.91. The molecule has 0 saturated heterocycles. The van der Waals surface area contributed by atoms with Gasteiger partial charge < -0.3 is 10.1 Å². The van der Waals surface area contributed by atoms with E-state index in [0.29, 0.717) is 5.41 Å². The molecule has 108 valence electrons. The van der Waals surface area contributed by atoms with Crippen molar-refractivity contribution < 1.29 is 4.74 Å². The first kappa shape index (κ1) is 14.8. The molecule has 1 aromatic rings. The molecule has 1 fully saturated rings. The van der Waals surface area contributed by atoms with E-state index in [1.807, 2.05) is 14.0 Å². The number of methoxy groups -OCH3 is 1. The van der Waals surface area contributed by atoms with Crippen molar-refractivity contribution in [3.63, 3.8) is 0 Å². The monoisotopic (exact) mass is 285 g/mol. The zero-order chi connectivity index (χ0) is 13.9. The van der Waals surface area contributed by atoms with Gasteiger partial charge in [0.25, 0.3) is 0 Å². The lowest BCUT2D eigenvalue weighted by Gasteiger charge is -2.42. The second-order valence-corrected chi connectivity index (χ2v) is 6.04. The molecule has 1 aliphatic carbocycles. The number of nitrogens with one attached hydrogen (secondary N) is 1. The number of hydrogen-bond acceptors (Lipinski definition) is 3. The molecule has 1 aliphatic rings. The van der Waals surface area contributed by atoms with E-state index in [-0.39, 0.29) is 0 Å². The van der Waals surface area contributed by atoms with E-state index in [1.165, 1.54) is 24.8 Å². The van der Waals surface area contributed by atoms with Crippen molar-refractivity contribution in [3.8, 4) is 0 Å². The Balaban J connectivity index is 1.98. The third-order valence-corrected chi connectivity index (χ3v) is 4.69. The SMILES string of the molecule is COCCNCC1(Cc2c(C)nn(C)c2Cl)CCC1. The average Bonchev–Trinajstić information content (AvgIpc) is 2.57. The standard InChI is InChI=1S/C14H24ClN3O/c1-11-12(13(15)18(2)17-11)9-14(5-4-6-14)10-16-7-8-19-3/h16H,4-10H2,1-3H3. The number of ether oxygens (including phenoxy) is 1. The predicted molar refractivity (Wildman–Crippen MR) is 77.7 cm³/mol. The molecule has 0 bridgehead atoms. The van der Waals surface area contributed by atoms with Gasteiger partial charge >= 0.3 is 0 Å². The van der Waals surface area contributed by atoms with Gasteiger partial charge in [0.15, 0.2) is 0 Å². The Hall–Kier alpha value is -0.580. The summed E-state index contributed by atoms with van der Waals surface area (Å²) in [7, 11) is 3.64. The zero-order valence-electron chi connectivity index (χ0n) is 12.1. The Morgan fingerprint density at radius 3 is 2.68 bits per heavy atom. The van der Waals surface area contributed by atoms with Crippen LogP contribution in [0.3, 0.4) is 0 Å². The molecule has 5 heteroatoms. The minimum absolute atomic E-state index is 0.366. The topological polar surface area (TPSA) is 39.1 Å². The summed E-state index contributed by atoms with van der Waals surface area (Å²) in [5, 5.41) is 8.70. The molecule has 1 saturated carbocycles. The average molecular weight is 286 g/mol. The third kappa shape index (κ3) is 3.30. The van der Waals surface area contributed by atoms with Crippen LogP contribution in [0.4, 0.5) is 0 Å². The Morgan fingerprint density at radius 1 is 1.47 bits per heavy atom. The van der Waals surface area contributed by atoms with Crippen LogP contribution in [0.1, 0.15) is 30.5 Å². The van der Waals surface area contributed by atoms with Crippen LogP contribution in [0.15, 0.2) is 0 Å². The van der Waals surface area contributed by atoms with Crippen LogP contribution < -0.4 is 5.32 Å². The summed E-state index contributed by atoms with van der Waals surface area (Å²) in [6, 6.07) is 0. The fourth-order valence-corrected chi connectivity index (χ4v) is 3.11. The van der Waals surface area contributed by atoms with E-state index in [0.717, 1.165) is 37.0 Å². The Morgan fingerprint density at radius 2 is 2.21 bits per heavy atom. The maximum Gasteiger partial charge on any atom is 0.130 e. The van der Waals surface area contributed by atoms with E-state index >= 15 is 0 Å². The molecular weight excluding hydrogens is 262 g/mol. The highest BCUT2D eigenvalue weighted by Crippen LogP contribution is 2.44. The van der Waals surface area contributed by atoms with Crippen LogP contribution in [0.5, 0.6) is 0 Å². The number of aromatic nitrogens is 2. The summed E-state index contributed by atoms with van der Waals surface area (Å²) in [4.78, 5) is 0. The largest absolute Gasteiger partial charge is 0.383 e. The highest BCUT2D eigenvalue weighted by molar-refractivity contribution is 6.30. The quantitative estimate of drug-likeness (QED) is 0.782. The minimum atomic E-state index is 0.366. The maximum atomic E-state index is 6.34. The number of rotatable bonds is 7. The second-order valence-electron chi connectivity index (χ2n) is 5.68. The van der Waals surface area contributed by atoms with Crippen LogP contribution in [-0.4, -0.2) is 36.6 Å². The van der Waals surface area contributed by atoms with E-state index in [9.17, 15) is 0 Å². The first-order valence-electron chi connectivity index (χ1n) is 6.96. The van der Waals surface area contributed by atoms with Gasteiger partial charge in [0.1, 0.15) is 5.15 Å². The molecule has 19 heavy (non-hydrogen) atoms. The van der Waals surface area contributed by atoms with Crippen LogP contribution >= 0.6 is 11.6 Å². The molecule has 4 nitrogen and oxygen atoms in total. The van der Waals surface area contributed by atoms with Crippen molar-refractivity contribution in [1.29, 1.82) is 0 Å². The molecule has 0 spiro atoms. The van der Waals surface area contributed by atoms with Crippen molar-refractivity contribution in [2.45, 2.75) is 32.6 Å². The van der Waals surface area contributed by atoms with Crippen molar-refractivity contribution in [1.82, 2.24) is 15.1 Å². The first-order valence-corrected chi connectivity index (χ1v) is 7.33. The Labute approximate surface area is 120 Å². The Kier molecular flexibility index (Phi) is 4.87. The molecule has 0 aromatic carbocycles. The highest BCUT2D eigenvalue weighted by atomic mass is 35.5. The smallest absolute Gasteiger partial charge is 0.130 e. The fourth-order valence-electron chi connectivity index (χ4n) is 2.87. The molecule has 1 heterocycles. The highest BCUT2D eigenvalue weighted by Gasteiger charge is 2.38. The van der Waals surface area contributed by atoms with E-state index < -0.39 is 0 Å². The molecule has 0 atom stereocenters. The van der Waals surface area contributed by atoms with Crippen LogP contribution in [0, 0.1) is 12.3 Å². The lowest BCUT2D eigenvalue weighted by atomic mass is 9.65. The molecule has 0 aliphatic heterocycles. The van der Waals surface area contributed by atoms with E-state index in [4.69, 9.17) is 16.3 Å². The summed E-state index contributed by atoms with van der Waals surface area (Å²) >= 11 is 6.34. The van der Waals surface area contributed by atoms with Gasteiger partial charge in [-0.15, -0.1) is 0 Å². The molecule has 1 aromatic heterocycles. The molecule has 0 amide bonds. The van der Waals surface area contributed by atoms with Crippen molar-refractivity contribution in [2.24, 2.45) is 12.5 Å². The minimum Gasteiger partial charge on any atom is -0.383 e. The summed E-state index contributed by atoms with van der Waals surface area (Å²) in [5.41, 5.74) is 2.65. The van der Waals surface area contributed by atoms with Gasteiger partial charge in [-0.2, -0.15) is 5.10 Å². The van der Waals surface area contributed by atoms with E-state index in [2.05, 4.69) is 10.4 Å². The summed E-state index contributed by atoms with van der Waals surface area (Å²) in [6.45, 7) is 4.77. The summed E-state index contributed by atoms with van der Waals surface area (Å²) < 4.78 is 6.85. The van der Waals surface area contributed by atoms with Gasteiger partial charge in [0.05, 0.1) is 12.3 Å². The van der Waals surface area contributed by atoms with Crippen molar-refractivity contribution in [3.05, 3.63) is 16.4 Å². The number of aryl methyl sites for hydroxylation is 2. The number of halogens is 1. The van der Waals surface area contributed by atoms with Gasteiger partial charge in [-0.05, 0) is 31.6 Å². The first-order chi connectivity index (χ1) is 9.08. The van der Waals surface area contributed by atoms with Crippen LogP contribution in [0.25, 0.3) is 0 Å². The second kappa shape index (κ2) is 6.25. The van der Waals surface area contributed by atoms with Crippen LogP contribution in [0.2, 0.25) is 5.15 Å².